The molecule has 2 aromatic heterocycles. The summed E-state index contributed by atoms with van der Waals surface area (Å²) in [6, 6.07) is 5.17. The summed E-state index contributed by atoms with van der Waals surface area (Å²) in [6.07, 6.45) is 1.67. The minimum absolute atomic E-state index is 0.142. The maximum Gasteiger partial charge on any atom is 0.310 e. The predicted octanol–water partition coefficient (Wildman–Crippen LogP) is 0.359. The first-order valence-electron chi connectivity index (χ1n) is 7.95. The van der Waals surface area contributed by atoms with Crippen LogP contribution in [-0.2, 0) is 4.79 Å². The van der Waals surface area contributed by atoms with Gasteiger partial charge in [0.2, 0.25) is 5.95 Å². The van der Waals surface area contributed by atoms with Gasteiger partial charge in [-0.2, -0.15) is 4.98 Å². The van der Waals surface area contributed by atoms with Gasteiger partial charge in [0, 0.05) is 44.1 Å². The van der Waals surface area contributed by atoms with Crippen molar-refractivity contribution in [2.75, 3.05) is 36.8 Å². The lowest BCUT2D eigenvalue weighted by Crippen LogP contribution is -2.38. The molecule has 9 nitrogen and oxygen atoms in total. The third-order valence-corrected chi connectivity index (χ3v) is 4.17. The van der Waals surface area contributed by atoms with Gasteiger partial charge in [0.15, 0.2) is 0 Å². The van der Waals surface area contributed by atoms with Gasteiger partial charge < -0.3 is 25.6 Å². The lowest BCUT2D eigenvalue weighted by Gasteiger charge is -2.23. The van der Waals surface area contributed by atoms with E-state index in [0.29, 0.717) is 30.3 Å². The van der Waals surface area contributed by atoms with Gasteiger partial charge in [-0.05, 0) is 19.1 Å². The molecule has 0 aliphatic carbocycles. The van der Waals surface area contributed by atoms with E-state index in [-0.39, 0.29) is 24.9 Å². The zero-order chi connectivity index (χ0) is 18.0. The second-order valence-corrected chi connectivity index (χ2v) is 6.04. The highest BCUT2D eigenvalue weighted by atomic mass is 16.4. The average molecular weight is 344 g/mol. The van der Waals surface area contributed by atoms with Crippen molar-refractivity contribution in [3.63, 3.8) is 0 Å². The van der Waals surface area contributed by atoms with E-state index in [0.717, 1.165) is 0 Å². The Labute approximate surface area is 144 Å². The minimum Gasteiger partial charge on any atom is -0.481 e. The van der Waals surface area contributed by atoms with Crippen molar-refractivity contribution in [2.45, 2.75) is 6.92 Å². The molecule has 0 saturated carbocycles. The molecule has 2 aromatic rings. The van der Waals surface area contributed by atoms with E-state index in [1.807, 2.05) is 4.90 Å². The topological polar surface area (TPSA) is 128 Å². The fourth-order valence-electron chi connectivity index (χ4n) is 2.93. The van der Waals surface area contributed by atoms with Crippen LogP contribution in [0.15, 0.2) is 24.4 Å². The number of hydrogen-bond acceptors (Lipinski definition) is 6. The second-order valence-electron chi connectivity index (χ2n) is 6.04. The molecule has 0 aromatic carbocycles. The summed E-state index contributed by atoms with van der Waals surface area (Å²) in [5.74, 6) is -1.17. The summed E-state index contributed by atoms with van der Waals surface area (Å²) in [5, 5.41) is 9.54. The van der Waals surface area contributed by atoms with E-state index in [1.165, 1.54) is 0 Å². The Morgan fingerprint density at radius 2 is 2.12 bits per heavy atom. The minimum atomic E-state index is -0.949. The maximum atomic E-state index is 12.6. The Kier molecular flexibility index (Phi) is 4.55. The Morgan fingerprint density at radius 3 is 2.76 bits per heavy atom. The number of carboxylic acids is 1. The number of anilines is 2. The highest BCUT2D eigenvalue weighted by Gasteiger charge is 2.31. The van der Waals surface area contributed by atoms with E-state index in [4.69, 9.17) is 5.73 Å². The summed E-state index contributed by atoms with van der Waals surface area (Å²) in [5.41, 5.74) is 6.86. The highest BCUT2D eigenvalue weighted by molar-refractivity contribution is 5.92. The van der Waals surface area contributed by atoms with Crippen LogP contribution in [0.4, 0.5) is 11.8 Å². The molecule has 0 radical (unpaired) electrons. The van der Waals surface area contributed by atoms with Crippen LogP contribution < -0.4 is 10.6 Å². The van der Waals surface area contributed by atoms with Crippen LogP contribution in [0.25, 0.3) is 0 Å². The predicted molar refractivity (Wildman–Crippen MR) is 91.2 cm³/mol. The van der Waals surface area contributed by atoms with E-state index < -0.39 is 11.9 Å². The molecule has 1 amide bonds. The first-order chi connectivity index (χ1) is 11.9. The SMILES string of the molecule is Cc1cc(N2CCN(C(=O)c3ccc[nH]3)CC(C(=O)O)C2)nc(N)n1. The summed E-state index contributed by atoms with van der Waals surface area (Å²) in [7, 11) is 0. The van der Waals surface area contributed by atoms with Crippen LogP contribution >= 0.6 is 0 Å². The number of carboxylic acid groups (broad SMARTS) is 1. The van der Waals surface area contributed by atoms with Gasteiger partial charge in [-0.3, -0.25) is 9.59 Å². The van der Waals surface area contributed by atoms with E-state index in [2.05, 4.69) is 15.0 Å². The van der Waals surface area contributed by atoms with E-state index >= 15 is 0 Å². The molecule has 1 aliphatic rings. The number of carbonyl (C=O) groups is 2. The van der Waals surface area contributed by atoms with Crippen molar-refractivity contribution in [1.29, 1.82) is 0 Å². The average Bonchev–Trinajstić information content (AvgIpc) is 2.98. The third-order valence-electron chi connectivity index (χ3n) is 4.17. The summed E-state index contributed by atoms with van der Waals surface area (Å²) in [6.45, 7) is 3.05. The van der Waals surface area contributed by atoms with Crippen LogP contribution in [0.3, 0.4) is 0 Å². The number of carbonyl (C=O) groups excluding carboxylic acids is 1. The van der Waals surface area contributed by atoms with E-state index in [1.54, 1.807) is 36.2 Å². The summed E-state index contributed by atoms with van der Waals surface area (Å²) in [4.78, 5) is 38.7. The van der Waals surface area contributed by atoms with Crippen molar-refractivity contribution in [3.8, 4) is 0 Å². The number of hydrogen-bond donors (Lipinski definition) is 3. The van der Waals surface area contributed by atoms with E-state index in [9.17, 15) is 14.7 Å². The lowest BCUT2D eigenvalue weighted by atomic mass is 10.1. The smallest absolute Gasteiger partial charge is 0.310 e. The normalized spacial score (nSPS) is 18.0. The lowest BCUT2D eigenvalue weighted by molar-refractivity contribution is -0.141. The van der Waals surface area contributed by atoms with Gasteiger partial charge in [-0.15, -0.1) is 0 Å². The molecule has 1 saturated heterocycles. The van der Waals surface area contributed by atoms with Gasteiger partial charge >= 0.3 is 5.97 Å². The van der Waals surface area contributed by atoms with Crippen molar-refractivity contribution in [3.05, 3.63) is 35.8 Å². The molecule has 1 fully saturated rings. The van der Waals surface area contributed by atoms with Gasteiger partial charge in [0.05, 0.1) is 5.92 Å². The standard InChI is InChI=1S/C16H20N6O3/c1-10-7-13(20-16(17)19-10)21-5-6-22(9-11(8-21)15(24)25)14(23)12-3-2-4-18-12/h2-4,7,11,18H,5-6,8-9H2,1H3,(H,24,25)(H2,17,19,20). The summed E-state index contributed by atoms with van der Waals surface area (Å²) >= 11 is 0. The molecule has 9 heteroatoms. The van der Waals surface area contributed by atoms with Crippen LogP contribution in [-0.4, -0.2) is 63.0 Å². The number of aliphatic carboxylic acids is 1. The first-order valence-corrected chi connectivity index (χ1v) is 7.95. The number of nitrogens with zero attached hydrogens (tertiary/aromatic N) is 4. The number of amides is 1. The molecule has 3 heterocycles. The third kappa shape index (κ3) is 3.70. The van der Waals surface area contributed by atoms with Gasteiger partial charge in [0.25, 0.3) is 5.91 Å². The quantitative estimate of drug-likeness (QED) is 0.733. The maximum absolute atomic E-state index is 12.6. The number of nitrogens with one attached hydrogen (secondary N) is 1. The van der Waals surface area contributed by atoms with Crippen LogP contribution in [0.2, 0.25) is 0 Å². The number of aryl methyl sites for hydroxylation is 1. The molecule has 0 spiro atoms. The highest BCUT2D eigenvalue weighted by Crippen LogP contribution is 2.19. The van der Waals surface area contributed by atoms with Crippen molar-refractivity contribution >= 4 is 23.6 Å². The number of aromatic amines is 1. The Morgan fingerprint density at radius 1 is 1.32 bits per heavy atom. The number of nitrogens with two attached hydrogens (primary N) is 1. The molecular formula is C16H20N6O3. The molecule has 1 unspecified atom stereocenters. The van der Waals surface area contributed by atoms with Crippen molar-refractivity contribution in [1.82, 2.24) is 19.9 Å². The fourth-order valence-corrected chi connectivity index (χ4v) is 2.93. The van der Waals surface area contributed by atoms with Crippen LogP contribution in [0, 0.1) is 12.8 Å². The zero-order valence-corrected chi connectivity index (χ0v) is 13.8. The first kappa shape index (κ1) is 16.7. The van der Waals surface area contributed by atoms with Crippen molar-refractivity contribution in [2.24, 2.45) is 5.92 Å². The largest absolute Gasteiger partial charge is 0.481 e. The monoisotopic (exact) mass is 344 g/mol. The van der Waals surface area contributed by atoms with Crippen molar-refractivity contribution < 1.29 is 14.7 Å². The van der Waals surface area contributed by atoms with Crippen LogP contribution in [0.1, 0.15) is 16.2 Å². The molecular weight excluding hydrogens is 324 g/mol. The number of H-pyrrole nitrogens is 1. The molecule has 132 valence electrons. The molecule has 1 atom stereocenters. The number of nitrogen functional groups attached to an aromatic ring is 1. The van der Waals surface area contributed by atoms with Crippen LogP contribution in [0.5, 0.6) is 0 Å². The van der Waals surface area contributed by atoms with Gasteiger partial charge in [-0.25, -0.2) is 4.98 Å². The number of rotatable bonds is 3. The fraction of sp³-hybridized carbons (Fsp3) is 0.375. The Hall–Kier alpha value is -3.10. The van der Waals surface area contributed by atoms with Gasteiger partial charge in [0.1, 0.15) is 11.5 Å². The Bertz CT molecular complexity index is 756. The molecule has 0 bridgehead atoms. The van der Waals surface area contributed by atoms with Gasteiger partial charge in [-0.1, -0.05) is 0 Å². The Balaban J connectivity index is 1.85. The molecule has 4 N–H and O–H groups in total. The zero-order valence-electron chi connectivity index (χ0n) is 13.8. The number of aromatic nitrogens is 3. The molecule has 1 aliphatic heterocycles. The molecule has 3 rings (SSSR count). The molecule has 25 heavy (non-hydrogen) atoms. The summed E-state index contributed by atoms with van der Waals surface area (Å²) < 4.78 is 0. The second kappa shape index (κ2) is 6.80.